The number of nitrogens with one attached hydrogen (secondary N) is 5. The number of carbonyl (C=O) groups excluding carboxylic acids is 5. The molecule has 0 aromatic carbocycles. The number of amides is 5. The van der Waals surface area contributed by atoms with Gasteiger partial charge in [-0.05, 0) is 0 Å². The Balaban J connectivity index is 0.952. The van der Waals surface area contributed by atoms with E-state index in [0.717, 1.165) is 27.7 Å². The van der Waals surface area contributed by atoms with E-state index in [-0.39, 0.29) is 0 Å². The molecule has 0 unspecified atom stereocenters. The Morgan fingerprint density at radius 2 is 0.647 bits per heavy atom. The molecule has 10 heterocycles. The molecule has 0 aliphatic carbocycles. The van der Waals surface area contributed by atoms with E-state index < -0.39 is 427 Å². The maximum atomic E-state index is 13.2. The first kappa shape index (κ1) is 110. The Morgan fingerprint density at radius 3 is 1.05 bits per heavy atom. The molecule has 0 spiro atoms. The molecule has 10 fully saturated rings. The zero-order valence-electron chi connectivity index (χ0n) is 71.0. The van der Waals surface area contributed by atoms with Gasteiger partial charge in [0.2, 0.25) is 29.5 Å². The highest BCUT2D eigenvalue weighted by molar-refractivity contribution is 5.78. The predicted molar refractivity (Wildman–Crippen MR) is 406 cm³/mol. The fraction of sp³-hybridized carbons (Fsp3) is 0.918. The summed E-state index contributed by atoms with van der Waals surface area (Å²) in [6, 6.07) is -9.60. The molecule has 60 heteroatoms. The molecule has 133 heavy (non-hydrogen) atoms. The molecular weight excluding hydrogens is 1830 g/mol. The van der Waals surface area contributed by atoms with E-state index in [1.807, 2.05) is 0 Å². The van der Waals surface area contributed by atoms with Crippen molar-refractivity contribution in [3.8, 4) is 0 Å². The summed E-state index contributed by atoms with van der Waals surface area (Å²) in [4.78, 5) is 76.8. The van der Waals surface area contributed by atoms with Crippen LogP contribution in [0.5, 0.6) is 0 Å². The number of hydrogen-bond donors (Lipinski definition) is 35. The molecule has 10 saturated heterocycles. The van der Waals surface area contributed by atoms with Gasteiger partial charge in [0.05, 0.1) is 78.2 Å². The summed E-state index contributed by atoms with van der Waals surface area (Å²) in [6.45, 7) is -9.47. The lowest BCUT2D eigenvalue weighted by Crippen LogP contribution is -2.71. The highest BCUT2D eigenvalue weighted by atomic mass is 16.8. The third-order valence-corrected chi connectivity index (χ3v) is 24.0. The van der Waals surface area contributed by atoms with Crippen molar-refractivity contribution in [1.29, 1.82) is 0 Å². The summed E-state index contributed by atoms with van der Waals surface area (Å²) >= 11 is 0. The molecule has 768 valence electrons. The van der Waals surface area contributed by atoms with Gasteiger partial charge in [-0.25, -0.2) is 4.79 Å². The minimum absolute atomic E-state index is 0.816. The van der Waals surface area contributed by atoms with Crippen molar-refractivity contribution in [3.05, 3.63) is 0 Å². The zero-order valence-corrected chi connectivity index (χ0v) is 71.0. The molecule has 0 radical (unpaired) electrons. The first-order valence-electron chi connectivity index (χ1n) is 41.9. The van der Waals surface area contributed by atoms with E-state index >= 15 is 0 Å². The second-order valence-corrected chi connectivity index (χ2v) is 33.2. The van der Waals surface area contributed by atoms with Gasteiger partial charge in [-0.2, -0.15) is 0 Å². The lowest BCUT2D eigenvalue weighted by atomic mass is 9.88. The number of aliphatic hydroxyl groups is 29. The number of carboxylic acid groups (broad SMARTS) is 1. The van der Waals surface area contributed by atoms with Gasteiger partial charge in [0.25, 0.3) is 5.79 Å². The molecule has 0 aromatic heterocycles. The Hall–Kier alpha value is -5.10. The highest BCUT2D eigenvalue weighted by Crippen LogP contribution is 2.42. The maximum Gasteiger partial charge on any atom is 0.364 e. The molecule has 60 nitrogen and oxygen atoms in total. The third kappa shape index (κ3) is 24.6. The van der Waals surface area contributed by atoms with Gasteiger partial charge in [0.15, 0.2) is 56.6 Å². The highest BCUT2D eigenvalue weighted by Gasteiger charge is 2.63. The lowest BCUT2D eigenvalue weighted by Gasteiger charge is -2.51. The minimum atomic E-state index is -3.16. The van der Waals surface area contributed by atoms with Crippen LogP contribution in [0.4, 0.5) is 0 Å². The average Bonchev–Trinajstić information content (AvgIpc) is 0.764. The van der Waals surface area contributed by atoms with E-state index in [4.69, 9.17) is 90.0 Å². The summed E-state index contributed by atoms with van der Waals surface area (Å²) in [5.74, 6) is -10.3. The van der Waals surface area contributed by atoms with Crippen molar-refractivity contribution in [1.82, 2.24) is 26.6 Å². The van der Waals surface area contributed by atoms with Crippen molar-refractivity contribution in [2.24, 2.45) is 0 Å². The minimum Gasteiger partial charge on any atom is -0.477 e. The zero-order chi connectivity index (χ0) is 98.3. The van der Waals surface area contributed by atoms with Crippen molar-refractivity contribution in [3.63, 3.8) is 0 Å². The number of hydrogen-bond acceptors (Lipinski definition) is 54. The summed E-state index contributed by atoms with van der Waals surface area (Å²) < 4.78 is 112. The molecule has 10 rings (SSSR count). The number of rotatable bonds is 37. The largest absolute Gasteiger partial charge is 0.477 e. The van der Waals surface area contributed by atoms with E-state index in [2.05, 4.69) is 26.6 Å². The Kier molecular flexibility index (Phi) is 39.6. The van der Waals surface area contributed by atoms with Crippen molar-refractivity contribution in [2.45, 2.75) is 346 Å². The van der Waals surface area contributed by atoms with Gasteiger partial charge < -0.3 is 270 Å². The molecule has 35 N–H and O–H groups in total. The quantitative estimate of drug-likeness (QED) is 0.0275. The van der Waals surface area contributed by atoms with Crippen LogP contribution in [-0.2, 0) is 119 Å². The number of ether oxygens (including phenoxy) is 19. The normalized spacial score (nSPS) is 47.0. The van der Waals surface area contributed by atoms with Crippen LogP contribution >= 0.6 is 0 Å². The van der Waals surface area contributed by atoms with Gasteiger partial charge in [-0.3, -0.25) is 24.0 Å². The van der Waals surface area contributed by atoms with Crippen LogP contribution in [0.1, 0.15) is 34.1 Å². The van der Waals surface area contributed by atoms with Crippen molar-refractivity contribution in [2.75, 3.05) is 72.7 Å². The van der Waals surface area contributed by atoms with Gasteiger partial charge in [0, 0.05) is 34.1 Å². The van der Waals surface area contributed by atoms with E-state index in [1.54, 1.807) is 0 Å². The smallest absolute Gasteiger partial charge is 0.364 e. The molecule has 0 aromatic rings. The van der Waals surface area contributed by atoms with Gasteiger partial charge in [0.1, 0.15) is 244 Å². The number of aliphatic carboxylic acids is 1. The maximum absolute atomic E-state index is 13.2. The number of aliphatic hydroxyl groups excluding tert-OH is 29. The molecule has 10 aliphatic rings. The number of carbonyl (C=O) groups is 6. The second kappa shape index (κ2) is 47.9. The Labute approximate surface area is 751 Å². The van der Waals surface area contributed by atoms with E-state index in [1.165, 1.54) is 0 Å². The Morgan fingerprint density at radius 1 is 0.323 bits per heavy atom. The lowest BCUT2D eigenvalue weighted by molar-refractivity contribution is -0.399. The van der Waals surface area contributed by atoms with Crippen LogP contribution in [0.3, 0.4) is 0 Å². The van der Waals surface area contributed by atoms with Crippen LogP contribution in [0.2, 0.25) is 0 Å². The predicted octanol–water partition coefficient (Wildman–Crippen LogP) is -23.9. The van der Waals surface area contributed by atoms with Crippen LogP contribution < -0.4 is 26.6 Å². The van der Waals surface area contributed by atoms with E-state index in [9.17, 15) is 182 Å². The van der Waals surface area contributed by atoms with Gasteiger partial charge in [-0.15, -0.1) is 0 Å². The molecular formula is C73H121N5O55. The number of carboxylic acids is 1. The summed E-state index contributed by atoms with van der Waals surface area (Å²) in [6.07, 6.45) is -100.0. The molecule has 0 bridgehead atoms. The fourth-order valence-corrected chi connectivity index (χ4v) is 16.9. The first-order valence-corrected chi connectivity index (χ1v) is 41.9. The monoisotopic (exact) mass is 1950 g/mol. The first-order chi connectivity index (χ1) is 62.8. The average molecular weight is 1950 g/mol. The van der Waals surface area contributed by atoms with Crippen molar-refractivity contribution < 1.29 is 272 Å². The topological polar surface area (TPSA) is 945 Å². The second-order valence-electron chi connectivity index (χ2n) is 33.2. The molecule has 10 aliphatic heterocycles. The van der Waals surface area contributed by atoms with Gasteiger partial charge in [-0.1, -0.05) is 0 Å². The van der Waals surface area contributed by atoms with Crippen LogP contribution in [0.15, 0.2) is 0 Å². The fourth-order valence-electron chi connectivity index (χ4n) is 16.9. The van der Waals surface area contributed by atoms with Crippen LogP contribution in [0, 0.1) is 0 Å². The van der Waals surface area contributed by atoms with Crippen molar-refractivity contribution >= 4 is 35.5 Å². The van der Waals surface area contributed by atoms with Crippen LogP contribution in [-0.4, -0.2) is 574 Å². The molecule has 0 saturated carbocycles. The standard InChI is InChI=1S/C73H121N5O55/c1-17(88)74-34-44(101)55(26(10-83)117-63(34)112)126-64-35(75-18(2)89)45(102)58(29(13-86)121-64)129-69-54(111)60(130-71-62(51(108)41(98)25(9-82)120-71)132-66-37(77-20(4)91)47(104)56(27(11-84)123-66)127-67-52(109)48(105)39(96)23(7-80)118-67)43(100)30(124-69)15-115-70-61(50(107)40(97)24(8-81)119-70)131-65-36(76-19(3)90)46(103)57(28(12-85)122-65)128-68-53(110)49(106)42(99)31(125-68)16-116-73(72(113)114)5-21(92)33(78-32(94)14-87)59(133-73)38(95)22(93)6-79/h21-31,33-71,79-87,92-93,95-112H,5-16H2,1-4H3,(H,74,88)(H,75,89)(H,76,90)(H,77,91)(H,78,94)(H,113,114)/t21-,22+,23+,24+,25+,26+,27+,28+,29+,30+,31+,33+,34+,35+,36+,37+,38+,39-,40+,41+,42-,43+,44+,45+,46+,47+,48-,49-,50-,51-,52+,53+,54-,55+,56+,57+,58+,59+,60-,61-,62-,63-,64-,65-,66-,67-,68-,69-,70-,71+,73+/m0/s1. The van der Waals surface area contributed by atoms with E-state index in [0.29, 0.717) is 0 Å². The third-order valence-electron chi connectivity index (χ3n) is 24.0. The SMILES string of the molecule is CC(=O)N[C@@H]1[C@@H](O)[C@H](O[C@@H]2O[C@H](CO)[C@@H](O[C@@H]3O[C@H](CO[C@H]4O[C@H](CO)[C@@H](O)[C@H](O)[C@@H]4O[C@@H]4O[C@H](CO)[C@@H](O[C@@H]5O[C@H](CO[C@]6(C(=O)O)C[C@H](O)[C@@H](NC(=O)CO)[C@H]([C@H](O)[C@H](O)CO)O6)[C@H](O)[C@H](O)[C@H]5O)[C@H](O)[C@H]4NC(C)=O)[C@@H](O)[C@H](O[C@H]4O[C@H](CO)[C@@H](O)[C@H](O)[C@@H]4O[C@@H]4O[C@H](CO)[C@@H](O[C@@H]5O[C@H](CO)[C@H](O)[C@H](O)[C@H]5O)[C@H](O)[C@H]4NC(C)=O)[C@@H]3O)[C@H](O)[C@H]2NC(C)=O)[C@@H](CO)O[C@@H]1O. The summed E-state index contributed by atoms with van der Waals surface area (Å²) in [5.41, 5.74) is 0. The summed E-state index contributed by atoms with van der Waals surface area (Å²) in [7, 11) is 0. The van der Waals surface area contributed by atoms with Crippen LogP contribution in [0.25, 0.3) is 0 Å². The molecule has 5 amide bonds. The molecule has 51 atom stereocenters. The summed E-state index contributed by atoms with van der Waals surface area (Å²) in [5, 5.41) is 345. The van der Waals surface area contributed by atoms with Gasteiger partial charge >= 0.3 is 5.97 Å². The Bertz CT molecular complexity index is 3700.